The Balaban J connectivity index is 1.52. The molecule has 8 nitrogen and oxygen atoms in total. The second-order valence-corrected chi connectivity index (χ2v) is 6.63. The summed E-state index contributed by atoms with van der Waals surface area (Å²) in [4.78, 5) is 24.1. The van der Waals surface area contributed by atoms with Crippen LogP contribution in [0.3, 0.4) is 0 Å². The molecule has 2 aromatic heterocycles. The minimum Gasteiger partial charge on any atom is -0.439 e. The van der Waals surface area contributed by atoms with Gasteiger partial charge in [0.15, 0.2) is 0 Å². The lowest BCUT2D eigenvalue weighted by Gasteiger charge is -2.09. The van der Waals surface area contributed by atoms with E-state index in [4.69, 9.17) is 4.74 Å². The van der Waals surface area contributed by atoms with E-state index in [9.17, 15) is 4.79 Å². The Kier molecular flexibility index (Phi) is 7.54. The van der Waals surface area contributed by atoms with Gasteiger partial charge < -0.3 is 20.7 Å². The molecule has 0 saturated carbocycles. The van der Waals surface area contributed by atoms with Gasteiger partial charge >= 0.3 is 6.03 Å². The minimum absolute atomic E-state index is 0.181. The van der Waals surface area contributed by atoms with Gasteiger partial charge in [-0.2, -0.15) is 0 Å². The summed E-state index contributed by atoms with van der Waals surface area (Å²) in [7, 11) is 1.60. The first-order valence-electron chi connectivity index (χ1n) is 9.88. The average molecular weight is 406 g/mol. The number of ether oxygens (including phenoxy) is 1. The topological polar surface area (TPSA) is 101 Å². The van der Waals surface area contributed by atoms with Crippen molar-refractivity contribution in [3.05, 3.63) is 71.7 Å². The van der Waals surface area contributed by atoms with E-state index in [-0.39, 0.29) is 6.03 Å². The predicted octanol–water partition coefficient (Wildman–Crippen LogP) is 3.31. The van der Waals surface area contributed by atoms with E-state index in [0.29, 0.717) is 30.7 Å². The molecule has 0 radical (unpaired) electrons. The first-order chi connectivity index (χ1) is 14.7. The summed E-state index contributed by atoms with van der Waals surface area (Å²) in [5, 5.41) is 8.49. The SMILES string of the molecule is CCc1cnc(NCc2ccnc(Oc3ccc(CCNC(=O)NC)cc3)c2)nc1. The van der Waals surface area contributed by atoms with Gasteiger partial charge in [0.05, 0.1) is 0 Å². The summed E-state index contributed by atoms with van der Waals surface area (Å²) < 4.78 is 5.87. The van der Waals surface area contributed by atoms with Crippen LogP contribution < -0.4 is 20.7 Å². The Hall–Kier alpha value is -3.68. The lowest BCUT2D eigenvalue weighted by Crippen LogP contribution is -2.33. The number of benzene rings is 1. The molecule has 2 amide bonds. The fraction of sp³-hybridized carbons (Fsp3) is 0.273. The fourth-order valence-electron chi connectivity index (χ4n) is 2.68. The maximum absolute atomic E-state index is 11.2. The molecule has 0 aliphatic heterocycles. The zero-order chi connectivity index (χ0) is 21.2. The van der Waals surface area contributed by atoms with Crippen molar-refractivity contribution in [1.82, 2.24) is 25.6 Å². The van der Waals surface area contributed by atoms with E-state index in [1.165, 1.54) is 0 Å². The number of pyridine rings is 1. The number of carbonyl (C=O) groups is 1. The van der Waals surface area contributed by atoms with Gasteiger partial charge in [-0.25, -0.2) is 19.7 Å². The molecule has 0 aliphatic rings. The van der Waals surface area contributed by atoms with Crippen LogP contribution in [0.2, 0.25) is 0 Å². The summed E-state index contributed by atoms with van der Waals surface area (Å²) in [6.45, 7) is 3.21. The molecule has 0 spiro atoms. The maximum Gasteiger partial charge on any atom is 0.314 e. The van der Waals surface area contributed by atoms with Gasteiger partial charge in [-0.05, 0) is 47.7 Å². The highest BCUT2D eigenvalue weighted by Gasteiger charge is 2.03. The molecule has 0 atom stereocenters. The molecule has 1 aromatic carbocycles. The molecule has 3 aromatic rings. The molecule has 156 valence electrons. The molecule has 8 heteroatoms. The van der Waals surface area contributed by atoms with Crippen LogP contribution in [-0.4, -0.2) is 34.6 Å². The van der Waals surface area contributed by atoms with Crippen molar-refractivity contribution in [2.45, 2.75) is 26.3 Å². The van der Waals surface area contributed by atoms with Gasteiger partial charge in [-0.3, -0.25) is 0 Å². The fourth-order valence-corrected chi connectivity index (χ4v) is 2.68. The van der Waals surface area contributed by atoms with Gasteiger partial charge in [0.25, 0.3) is 0 Å². The van der Waals surface area contributed by atoms with Crippen LogP contribution in [0.15, 0.2) is 55.0 Å². The van der Waals surface area contributed by atoms with Gasteiger partial charge in [0.1, 0.15) is 5.75 Å². The van der Waals surface area contributed by atoms with E-state index in [1.807, 2.05) is 48.8 Å². The monoisotopic (exact) mass is 406 g/mol. The van der Waals surface area contributed by atoms with Crippen molar-refractivity contribution in [2.24, 2.45) is 0 Å². The molecular weight excluding hydrogens is 380 g/mol. The standard InChI is InChI=1S/C22H26N6O2/c1-3-16-13-26-21(27-14-16)28-15-18-9-10-24-20(12-18)30-19-6-4-17(5-7-19)8-11-25-22(29)23-2/h4-7,9-10,12-14H,3,8,11,15H2,1-2H3,(H2,23,25,29)(H,26,27,28). The molecule has 3 N–H and O–H groups in total. The van der Waals surface area contributed by atoms with Crippen LogP contribution >= 0.6 is 0 Å². The number of anilines is 1. The Labute approximate surface area is 176 Å². The first kappa shape index (κ1) is 21.0. The van der Waals surface area contributed by atoms with E-state index in [2.05, 4.69) is 37.8 Å². The highest BCUT2D eigenvalue weighted by molar-refractivity contribution is 5.73. The van der Waals surface area contributed by atoms with Crippen molar-refractivity contribution < 1.29 is 9.53 Å². The molecule has 0 aliphatic carbocycles. The number of hydrogen-bond donors (Lipinski definition) is 3. The maximum atomic E-state index is 11.2. The summed E-state index contributed by atoms with van der Waals surface area (Å²) in [6.07, 6.45) is 7.03. The molecule has 0 saturated heterocycles. The average Bonchev–Trinajstić information content (AvgIpc) is 2.79. The quantitative estimate of drug-likeness (QED) is 0.504. The minimum atomic E-state index is -0.181. The van der Waals surface area contributed by atoms with Gasteiger partial charge in [-0.1, -0.05) is 19.1 Å². The number of rotatable bonds is 9. The summed E-state index contributed by atoms with van der Waals surface area (Å²) >= 11 is 0. The number of nitrogens with one attached hydrogen (secondary N) is 3. The number of aromatic nitrogens is 3. The number of amides is 2. The normalized spacial score (nSPS) is 10.3. The molecule has 0 bridgehead atoms. The third kappa shape index (κ3) is 6.44. The predicted molar refractivity (Wildman–Crippen MR) is 116 cm³/mol. The van der Waals surface area contributed by atoms with Crippen LogP contribution in [0.5, 0.6) is 11.6 Å². The third-order valence-corrected chi connectivity index (χ3v) is 4.44. The lowest BCUT2D eigenvalue weighted by molar-refractivity contribution is 0.243. The zero-order valence-corrected chi connectivity index (χ0v) is 17.2. The molecule has 30 heavy (non-hydrogen) atoms. The second-order valence-electron chi connectivity index (χ2n) is 6.63. The third-order valence-electron chi connectivity index (χ3n) is 4.44. The summed E-state index contributed by atoms with van der Waals surface area (Å²) in [6, 6.07) is 11.4. The highest BCUT2D eigenvalue weighted by Crippen LogP contribution is 2.21. The van der Waals surface area contributed by atoms with Crippen LogP contribution in [0, 0.1) is 0 Å². The Morgan fingerprint density at radius 2 is 1.77 bits per heavy atom. The van der Waals surface area contributed by atoms with Crippen molar-refractivity contribution >= 4 is 12.0 Å². The number of carbonyl (C=O) groups excluding carboxylic acids is 1. The Morgan fingerprint density at radius 3 is 2.47 bits per heavy atom. The van der Waals surface area contributed by atoms with E-state index in [0.717, 1.165) is 29.5 Å². The first-order valence-corrected chi connectivity index (χ1v) is 9.88. The van der Waals surface area contributed by atoms with Gasteiger partial charge in [0, 0.05) is 44.8 Å². The van der Waals surface area contributed by atoms with E-state index < -0.39 is 0 Å². The zero-order valence-electron chi connectivity index (χ0n) is 17.2. The Morgan fingerprint density at radius 1 is 1.00 bits per heavy atom. The van der Waals surface area contributed by atoms with Crippen molar-refractivity contribution in [2.75, 3.05) is 18.9 Å². The second kappa shape index (κ2) is 10.8. The summed E-state index contributed by atoms with van der Waals surface area (Å²) in [5.74, 6) is 1.81. The number of aryl methyl sites for hydroxylation is 1. The number of nitrogens with zero attached hydrogens (tertiary/aromatic N) is 3. The van der Waals surface area contributed by atoms with Crippen LogP contribution in [0.25, 0.3) is 0 Å². The van der Waals surface area contributed by atoms with Crippen molar-refractivity contribution in [1.29, 1.82) is 0 Å². The van der Waals surface area contributed by atoms with E-state index >= 15 is 0 Å². The number of urea groups is 1. The van der Waals surface area contributed by atoms with Crippen LogP contribution in [0.1, 0.15) is 23.6 Å². The molecule has 2 heterocycles. The molecule has 3 rings (SSSR count). The lowest BCUT2D eigenvalue weighted by atomic mass is 10.1. The molecule has 0 fully saturated rings. The van der Waals surface area contributed by atoms with Gasteiger partial charge in [0.2, 0.25) is 11.8 Å². The van der Waals surface area contributed by atoms with Gasteiger partial charge in [-0.15, -0.1) is 0 Å². The number of hydrogen-bond acceptors (Lipinski definition) is 6. The van der Waals surface area contributed by atoms with Crippen molar-refractivity contribution in [3.63, 3.8) is 0 Å². The van der Waals surface area contributed by atoms with E-state index in [1.54, 1.807) is 13.2 Å². The molecular formula is C22H26N6O2. The van der Waals surface area contributed by atoms with Crippen LogP contribution in [0.4, 0.5) is 10.7 Å². The largest absolute Gasteiger partial charge is 0.439 e. The Bertz CT molecular complexity index is 945. The summed E-state index contributed by atoms with van der Waals surface area (Å²) in [5.41, 5.74) is 3.23. The van der Waals surface area contributed by atoms with Crippen molar-refractivity contribution in [3.8, 4) is 11.6 Å². The van der Waals surface area contributed by atoms with Crippen LogP contribution in [-0.2, 0) is 19.4 Å². The smallest absolute Gasteiger partial charge is 0.314 e. The molecule has 0 unspecified atom stereocenters. The highest BCUT2D eigenvalue weighted by atomic mass is 16.5.